The molecule has 3 N–H and O–H groups in total. The first kappa shape index (κ1) is 32.5. The summed E-state index contributed by atoms with van der Waals surface area (Å²) in [5, 5.41) is 10.2. The average molecular weight is 627 g/mol. The third-order valence-corrected chi connectivity index (χ3v) is 9.13. The predicted molar refractivity (Wildman–Crippen MR) is 180 cm³/mol. The first-order valence-electron chi connectivity index (χ1n) is 16.1. The third kappa shape index (κ3) is 9.52. The highest BCUT2D eigenvalue weighted by Gasteiger charge is 2.33. The Hall–Kier alpha value is -3.94. The number of hydrogen-bond acceptors (Lipinski definition) is 4. The summed E-state index contributed by atoms with van der Waals surface area (Å²) in [4.78, 5) is 41.7. The van der Waals surface area contributed by atoms with E-state index in [-0.39, 0.29) is 42.1 Å². The lowest BCUT2D eigenvalue weighted by molar-refractivity contribution is -0.133. The molecule has 236 valence electrons. The van der Waals surface area contributed by atoms with Crippen LogP contribution in [0, 0.1) is 5.92 Å². The topological polar surface area (TPSA) is 90.5 Å². The van der Waals surface area contributed by atoms with Crippen LogP contribution in [0.3, 0.4) is 0 Å². The molecule has 0 aromatic heterocycles. The molecule has 7 nitrogen and oxygen atoms in total. The van der Waals surface area contributed by atoms with Crippen molar-refractivity contribution in [3.8, 4) is 0 Å². The molecule has 0 spiro atoms. The number of benzene rings is 3. The minimum atomic E-state index is -0.598. The number of hydrogen-bond donors (Lipinski definition) is 3. The van der Waals surface area contributed by atoms with Gasteiger partial charge in [0.05, 0.1) is 0 Å². The Morgan fingerprint density at radius 1 is 0.844 bits per heavy atom. The van der Waals surface area contributed by atoms with Crippen molar-refractivity contribution < 1.29 is 14.4 Å². The smallest absolute Gasteiger partial charge is 0.244 e. The summed E-state index contributed by atoms with van der Waals surface area (Å²) in [5.41, 5.74) is 3.17. The highest BCUT2D eigenvalue weighted by Crippen LogP contribution is 2.27. The van der Waals surface area contributed by atoms with Crippen molar-refractivity contribution in [3.05, 3.63) is 113 Å². The lowest BCUT2D eigenvalue weighted by Crippen LogP contribution is -2.54. The van der Waals surface area contributed by atoms with Gasteiger partial charge in [-0.2, -0.15) is 0 Å². The van der Waals surface area contributed by atoms with Crippen LogP contribution < -0.4 is 16.0 Å². The summed E-state index contributed by atoms with van der Waals surface area (Å²) in [6.07, 6.45) is 9.03. The van der Waals surface area contributed by atoms with Crippen LogP contribution in [0.25, 0.3) is 6.08 Å². The molecule has 1 saturated carbocycles. The van der Waals surface area contributed by atoms with Crippen molar-refractivity contribution in [1.82, 2.24) is 20.9 Å². The van der Waals surface area contributed by atoms with Crippen LogP contribution in [0.15, 0.2) is 91.0 Å². The molecular formula is C37H43ClN4O3. The number of halogens is 1. The van der Waals surface area contributed by atoms with Crippen molar-refractivity contribution in [2.75, 3.05) is 26.2 Å². The predicted octanol–water partition coefficient (Wildman–Crippen LogP) is 5.56. The summed E-state index contributed by atoms with van der Waals surface area (Å²) in [6.45, 7) is 1.63. The Labute approximate surface area is 271 Å². The van der Waals surface area contributed by atoms with Gasteiger partial charge < -0.3 is 15.5 Å². The van der Waals surface area contributed by atoms with Crippen LogP contribution in [-0.4, -0.2) is 60.9 Å². The number of amides is 3. The van der Waals surface area contributed by atoms with Crippen molar-refractivity contribution in [1.29, 1.82) is 0 Å². The highest BCUT2D eigenvalue weighted by atomic mass is 35.5. The SMILES string of the molecule is O=C(C=Cc1ccc(Cl)cc1)NC[C@@H]1CCN(CC(c2ccccc2)c2ccccc2)C(=O)[C@H](CNC(=O)C2CCCCC2)N1. The summed E-state index contributed by atoms with van der Waals surface area (Å²) in [5.74, 6) is -0.201. The Balaban J connectivity index is 1.29. The van der Waals surface area contributed by atoms with Gasteiger partial charge in [-0.15, -0.1) is 0 Å². The van der Waals surface area contributed by atoms with Crippen LogP contribution in [0.1, 0.15) is 61.1 Å². The van der Waals surface area contributed by atoms with Gasteiger partial charge in [-0.25, -0.2) is 0 Å². The fraction of sp³-hybridized carbons (Fsp3) is 0.378. The molecule has 1 heterocycles. The largest absolute Gasteiger partial charge is 0.354 e. The molecule has 0 bridgehead atoms. The zero-order valence-corrected chi connectivity index (χ0v) is 26.4. The molecule has 2 atom stereocenters. The highest BCUT2D eigenvalue weighted by molar-refractivity contribution is 6.30. The van der Waals surface area contributed by atoms with E-state index in [1.807, 2.05) is 53.4 Å². The Morgan fingerprint density at radius 2 is 1.49 bits per heavy atom. The van der Waals surface area contributed by atoms with E-state index in [4.69, 9.17) is 11.6 Å². The standard InChI is InChI=1S/C37H43ClN4O3/c38-31-19-16-27(17-20-31)18-21-35(43)39-24-32-22-23-42(26-33(28-10-4-1-5-11-28)29-12-6-2-7-13-29)37(45)34(41-32)25-40-36(44)30-14-8-3-9-15-30/h1-2,4-7,10-13,16-21,30,32-34,41H,3,8-9,14-15,22-26H2,(H,39,43)(H,40,44)/t32-,34-/m0/s1. The van der Waals surface area contributed by atoms with Crippen LogP contribution in [-0.2, 0) is 14.4 Å². The molecule has 2 fully saturated rings. The molecule has 45 heavy (non-hydrogen) atoms. The second-order valence-electron chi connectivity index (χ2n) is 12.1. The van der Waals surface area contributed by atoms with Gasteiger partial charge in [-0.1, -0.05) is 104 Å². The Morgan fingerprint density at radius 3 is 2.13 bits per heavy atom. The maximum atomic E-state index is 14.1. The summed E-state index contributed by atoms with van der Waals surface area (Å²) in [7, 11) is 0. The average Bonchev–Trinajstić information content (AvgIpc) is 3.23. The molecule has 0 unspecified atom stereocenters. The molecule has 1 saturated heterocycles. The van der Waals surface area contributed by atoms with E-state index in [9.17, 15) is 14.4 Å². The first-order valence-corrected chi connectivity index (χ1v) is 16.5. The maximum absolute atomic E-state index is 14.1. The monoisotopic (exact) mass is 626 g/mol. The van der Waals surface area contributed by atoms with Crippen molar-refractivity contribution >= 4 is 35.4 Å². The Bertz CT molecular complexity index is 1390. The van der Waals surface area contributed by atoms with Crippen LogP contribution in [0.2, 0.25) is 5.02 Å². The number of carbonyl (C=O) groups excluding carboxylic acids is 3. The number of nitrogens with one attached hydrogen (secondary N) is 3. The van der Waals surface area contributed by atoms with Gasteiger partial charge in [0, 0.05) is 55.2 Å². The van der Waals surface area contributed by atoms with Crippen molar-refractivity contribution in [2.24, 2.45) is 5.92 Å². The van der Waals surface area contributed by atoms with Crippen molar-refractivity contribution in [3.63, 3.8) is 0 Å². The van der Waals surface area contributed by atoms with E-state index in [0.717, 1.165) is 42.4 Å². The molecular weight excluding hydrogens is 584 g/mol. The van der Waals surface area contributed by atoms with Crippen LogP contribution in [0.4, 0.5) is 0 Å². The lowest BCUT2D eigenvalue weighted by atomic mass is 9.88. The molecule has 8 heteroatoms. The second kappa shape index (κ2) is 16.4. The third-order valence-electron chi connectivity index (χ3n) is 8.88. The zero-order chi connectivity index (χ0) is 31.4. The van der Waals surface area contributed by atoms with Gasteiger partial charge >= 0.3 is 0 Å². The normalized spacial score (nSPS) is 19.4. The minimum Gasteiger partial charge on any atom is -0.354 e. The maximum Gasteiger partial charge on any atom is 0.244 e. The second-order valence-corrected chi connectivity index (χ2v) is 12.5. The lowest BCUT2D eigenvalue weighted by Gasteiger charge is -2.30. The Kier molecular flexibility index (Phi) is 11.8. The van der Waals surface area contributed by atoms with Crippen molar-refractivity contribution in [2.45, 2.75) is 56.5 Å². The molecule has 2 aliphatic rings. The van der Waals surface area contributed by atoms with Crippen LogP contribution in [0.5, 0.6) is 0 Å². The van der Waals surface area contributed by atoms with E-state index >= 15 is 0 Å². The molecule has 1 aliphatic heterocycles. The molecule has 0 radical (unpaired) electrons. The zero-order valence-electron chi connectivity index (χ0n) is 25.7. The van der Waals surface area contributed by atoms with E-state index in [1.54, 1.807) is 18.2 Å². The number of rotatable bonds is 11. The van der Waals surface area contributed by atoms with Gasteiger partial charge in [-0.05, 0) is 54.2 Å². The van der Waals surface area contributed by atoms with E-state index < -0.39 is 6.04 Å². The molecule has 3 aromatic rings. The first-order chi connectivity index (χ1) is 22.0. The van der Waals surface area contributed by atoms with E-state index in [1.165, 1.54) is 12.5 Å². The fourth-order valence-corrected chi connectivity index (χ4v) is 6.43. The van der Waals surface area contributed by atoms with Crippen LogP contribution >= 0.6 is 11.6 Å². The molecule has 5 rings (SSSR count). The van der Waals surface area contributed by atoms with Gasteiger partial charge in [0.1, 0.15) is 6.04 Å². The summed E-state index contributed by atoms with van der Waals surface area (Å²) >= 11 is 5.96. The van der Waals surface area contributed by atoms with Gasteiger partial charge in [-0.3, -0.25) is 19.7 Å². The quantitative estimate of drug-likeness (QED) is 0.243. The molecule has 3 amide bonds. The minimum absolute atomic E-state index is 0.00286. The summed E-state index contributed by atoms with van der Waals surface area (Å²) in [6, 6.07) is 27.1. The molecule has 3 aromatic carbocycles. The number of carbonyl (C=O) groups is 3. The van der Waals surface area contributed by atoms with Gasteiger partial charge in [0.15, 0.2) is 0 Å². The van der Waals surface area contributed by atoms with E-state index in [0.29, 0.717) is 31.1 Å². The fourth-order valence-electron chi connectivity index (χ4n) is 6.30. The van der Waals surface area contributed by atoms with Gasteiger partial charge in [0.2, 0.25) is 17.7 Å². The van der Waals surface area contributed by atoms with Gasteiger partial charge in [0.25, 0.3) is 0 Å². The van der Waals surface area contributed by atoms with E-state index in [2.05, 4.69) is 40.2 Å². The number of nitrogens with zero attached hydrogens (tertiary/aromatic N) is 1. The summed E-state index contributed by atoms with van der Waals surface area (Å²) < 4.78 is 0. The molecule has 1 aliphatic carbocycles.